The number of thiophene rings is 1. The average molecular weight is 487 g/mol. The van der Waals surface area contributed by atoms with Gasteiger partial charge in [0.15, 0.2) is 5.78 Å². The number of hydrogen-bond acceptors (Lipinski definition) is 8. The number of Topliss-reactive ketones (excluding diaryl/α,β-unsaturated/α-hetero) is 1. The molecular formula is C24H26N2O7S. The molecule has 0 radical (unpaired) electrons. The number of benzene rings is 1. The van der Waals surface area contributed by atoms with Gasteiger partial charge in [-0.2, -0.15) is 0 Å². The standard InChI is InChI=1S/C24H26N2O7S/c1-6-32-22(30)19-14(2)18-20(29)25(13-17(28)33-24(3,4)5)23(31)26(21(18)34-19)12-16(27)15-10-8-7-9-11-15/h7-11H,6,12-13H2,1-5H3. The van der Waals surface area contributed by atoms with Crippen LogP contribution in [0.1, 0.15) is 53.3 Å². The van der Waals surface area contributed by atoms with Gasteiger partial charge in [0.1, 0.15) is 21.9 Å². The number of fused-ring (bicyclic) bond motifs is 1. The minimum atomic E-state index is -0.843. The predicted molar refractivity (Wildman–Crippen MR) is 128 cm³/mol. The molecule has 9 nitrogen and oxygen atoms in total. The fraction of sp³-hybridized carbons (Fsp3) is 0.375. The summed E-state index contributed by atoms with van der Waals surface area (Å²) in [5, 5.41) is 0.0806. The Labute approximate surface area is 199 Å². The van der Waals surface area contributed by atoms with Gasteiger partial charge in [0.25, 0.3) is 5.56 Å². The van der Waals surface area contributed by atoms with Crippen molar-refractivity contribution in [3.8, 4) is 0 Å². The minimum Gasteiger partial charge on any atom is -0.462 e. The number of aryl methyl sites for hydroxylation is 1. The van der Waals surface area contributed by atoms with Crippen molar-refractivity contribution >= 4 is 39.3 Å². The predicted octanol–water partition coefficient (Wildman–Crippen LogP) is 2.93. The highest BCUT2D eigenvalue weighted by Gasteiger charge is 2.26. The van der Waals surface area contributed by atoms with Crippen LogP contribution in [0.2, 0.25) is 0 Å². The molecule has 0 saturated carbocycles. The van der Waals surface area contributed by atoms with Crippen LogP contribution in [0.5, 0.6) is 0 Å². The van der Waals surface area contributed by atoms with E-state index in [1.807, 2.05) is 0 Å². The highest BCUT2D eigenvalue weighted by Crippen LogP contribution is 2.28. The third-order valence-electron chi connectivity index (χ3n) is 4.86. The first-order valence-corrected chi connectivity index (χ1v) is 11.5. The van der Waals surface area contributed by atoms with Gasteiger partial charge in [0.2, 0.25) is 0 Å². The molecule has 10 heteroatoms. The van der Waals surface area contributed by atoms with Crippen molar-refractivity contribution in [2.24, 2.45) is 0 Å². The molecule has 0 atom stereocenters. The summed E-state index contributed by atoms with van der Waals surface area (Å²) < 4.78 is 12.2. The largest absolute Gasteiger partial charge is 0.462 e. The van der Waals surface area contributed by atoms with E-state index in [9.17, 15) is 24.0 Å². The van der Waals surface area contributed by atoms with E-state index < -0.39 is 35.3 Å². The highest BCUT2D eigenvalue weighted by molar-refractivity contribution is 7.20. The van der Waals surface area contributed by atoms with E-state index >= 15 is 0 Å². The summed E-state index contributed by atoms with van der Waals surface area (Å²) in [6.45, 7) is 7.35. The van der Waals surface area contributed by atoms with Gasteiger partial charge in [0.05, 0.1) is 18.5 Å². The number of rotatable bonds is 7. The molecule has 2 aromatic heterocycles. The SMILES string of the molecule is CCOC(=O)c1sc2c(c1C)c(=O)n(CC(=O)OC(C)(C)C)c(=O)n2CC(=O)c1ccccc1. The Morgan fingerprint density at radius 2 is 1.65 bits per heavy atom. The zero-order valence-electron chi connectivity index (χ0n) is 19.7. The van der Waals surface area contributed by atoms with Gasteiger partial charge in [0, 0.05) is 5.56 Å². The molecule has 0 saturated heterocycles. The molecule has 0 bridgehead atoms. The lowest BCUT2D eigenvalue weighted by molar-refractivity contribution is -0.155. The van der Waals surface area contributed by atoms with E-state index in [0.29, 0.717) is 11.1 Å². The molecule has 180 valence electrons. The number of ether oxygens (including phenoxy) is 2. The molecule has 0 unspecified atom stereocenters. The molecule has 3 rings (SSSR count). The smallest absolute Gasteiger partial charge is 0.348 e. The van der Waals surface area contributed by atoms with Crippen LogP contribution in [0.15, 0.2) is 39.9 Å². The van der Waals surface area contributed by atoms with E-state index in [1.54, 1.807) is 65.0 Å². The van der Waals surface area contributed by atoms with E-state index in [4.69, 9.17) is 9.47 Å². The lowest BCUT2D eigenvalue weighted by Gasteiger charge is -2.20. The molecule has 0 amide bonds. The second-order valence-electron chi connectivity index (χ2n) is 8.59. The van der Waals surface area contributed by atoms with Gasteiger partial charge in [-0.25, -0.2) is 14.2 Å². The Morgan fingerprint density at radius 3 is 2.24 bits per heavy atom. The van der Waals surface area contributed by atoms with E-state index in [0.717, 1.165) is 20.5 Å². The Bertz CT molecular complexity index is 1370. The fourth-order valence-electron chi connectivity index (χ4n) is 3.43. The van der Waals surface area contributed by atoms with Crippen molar-refractivity contribution in [1.29, 1.82) is 0 Å². The maximum Gasteiger partial charge on any atom is 0.348 e. The first-order chi connectivity index (χ1) is 15.9. The third kappa shape index (κ3) is 5.17. The maximum atomic E-state index is 13.3. The maximum absolute atomic E-state index is 13.3. The minimum absolute atomic E-state index is 0.0806. The normalized spacial score (nSPS) is 11.4. The Balaban J connectivity index is 2.22. The molecule has 3 aromatic rings. The van der Waals surface area contributed by atoms with Crippen LogP contribution in [0.4, 0.5) is 0 Å². The van der Waals surface area contributed by atoms with Gasteiger partial charge in [-0.1, -0.05) is 30.3 Å². The van der Waals surface area contributed by atoms with Crippen molar-refractivity contribution in [2.75, 3.05) is 6.61 Å². The van der Waals surface area contributed by atoms with Gasteiger partial charge >= 0.3 is 17.6 Å². The van der Waals surface area contributed by atoms with Crippen LogP contribution < -0.4 is 11.2 Å². The van der Waals surface area contributed by atoms with E-state index in [-0.39, 0.29) is 34.0 Å². The second-order valence-corrected chi connectivity index (χ2v) is 9.59. The topological polar surface area (TPSA) is 114 Å². The average Bonchev–Trinajstić information content (AvgIpc) is 3.11. The molecule has 0 aliphatic rings. The number of carbonyl (C=O) groups excluding carboxylic acids is 3. The molecule has 1 aromatic carbocycles. The van der Waals surface area contributed by atoms with Crippen LogP contribution in [-0.4, -0.2) is 39.1 Å². The summed E-state index contributed by atoms with van der Waals surface area (Å²) in [5.74, 6) is -1.77. The number of esters is 2. The van der Waals surface area contributed by atoms with Crippen molar-refractivity contribution in [1.82, 2.24) is 9.13 Å². The van der Waals surface area contributed by atoms with Crippen molar-refractivity contribution in [3.05, 3.63) is 67.2 Å². The van der Waals surface area contributed by atoms with Crippen LogP contribution in [-0.2, 0) is 27.4 Å². The number of hydrogen-bond donors (Lipinski definition) is 0. The Kier molecular flexibility index (Phi) is 7.21. The van der Waals surface area contributed by atoms with Crippen molar-refractivity contribution in [3.63, 3.8) is 0 Å². The zero-order chi connectivity index (χ0) is 25.2. The number of nitrogens with zero attached hydrogens (tertiary/aromatic N) is 2. The number of aromatic nitrogens is 2. The molecule has 0 aliphatic heterocycles. The molecular weight excluding hydrogens is 460 g/mol. The Hall–Kier alpha value is -3.53. The summed E-state index contributed by atoms with van der Waals surface area (Å²) in [7, 11) is 0. The Morgan fingerprint density at radius 1 is 1.00 bits per heavy atom. The fourth-order valence-corrected chi connectivity index (χ4v) is 4.61. The summed E-state index contributed by atoms with van der Waals surface area (Å²) in [6.07, 6.45) is 0. The molecule has 0 fully saturated rings. The molecule has 0 N–H and O–H groups in total. The summed E-state index contributed by atoms with van der Waals surface area (Å²) in [4.78, 5) is 64.8. The second kappa shape index (κ2) is 9.76. The summed E-state index contributed by atoms with van der Waals surface area (Å²) in [5.41, 5.74) is -1.70. The van der Waals surface area contributed by atoms with Crippen LogP contribution >= 0.6 is 11.3 Å². The van der Waals surface area contributed by atoms with Crippen molar-refractivity contribution in [2.45, 2.75) is 53.3 Å². The quantitative estimate of drug-likeness (QED) is 0.373. The molecule has 34 heavy (non-hydrogen) atoms. The summed E-state index contributed by atoms with van der Waals surface area (Å²) in [6, 6.07) is 8.39. The van der Waals surface area contributed by atoms with Crippen LogP contribution in [0.25, 0.3) is 10.2 Å². The van der Waals surface area contributed by atoms with E-state index in [1.165, 1.54) is 0 Å². The van der Waals surface area contributed by atoms with Crippen LogP contribution in [0.3, 0.4) is 0 Å². The lowest BCUT2D eigenvalue weighted by atomic mass is 10.1. The molecule has 2 heterocycles. The zero-order valence-corrected chi connectivity index (χ0v) is 20.5. The highest BCUT2D eigenvalue weighted by atomic mass is 32.1. The van der Waals surface area contributed by atoms with Crippen molar-refractivity contribution < 1.29 is 23.9 Å². The van der Waals surface area contributed by atoms with E-state index in [2.05, 4.69) is 0 Å². The molecule has 0 spiro atoms. The van der Waals surface area contributed by atoms with Gasteiger partial charge in [-0.15, -0.1) is 11.3 Å². The molecule has 0 aliphatic carbocycles. The van der Waals surface area contributed by atoms with Crippen LogP contribution in [0, 0.1) is 6.92 Å². The van der Waals surface area contributed by atoms with Gasteiger partial charge < -0.3 is 9.47 Å². The van der Waals surface area contributed by atoms with Gasteiger partial charge in [-0.3, -0.25) is 19.0 Å². The first-order valence-electron chi connectivity index (χ1n) is 10.7. The monoisotopic (exact) mass is 486 g/mol. The lowest BCUT2D eigenvalue weighted by Crippen LogP contribution is -2.43. The summed E-state index contributed by atoms with van der Waals surface area (Å²) >= 11 is 0.908. The van der Waals surface area contributed by atoms with Gasteiger partial charge in [-0.05, 0) is 40.2 Å². The third-order valence-corrected chi connectivity index (χ3v) is 6.15. The number of carbonyl (C=O) groups is 3. The number of ketones is 1. The first kappa shape index (κ1) is 25.1.